The van der Waals surface area contributed by atoms with Gasteiger partial charge in [0.05, 0.1) is 7.11 Å². The highest BCUT2D eigenvalue weighted by Gasteiger charge is 1.95. The van der Waals surface area contributed by atoms with Crippen molar-refractivity contribution in [3.8, 4) is 5.75 Å². The van der Waals surface area contributed by atoms with Gasteiger partial charge in [-0.15, -0.1) is 11.6 Å². The van der Waals surface area contributed by atoms with Crippen LogP contribution in [0.1, 0.15) is 5.56 Å². The lowest BCUT2D eigenvalue weighted by molar-refractivity contribution is 0.415. The minimum Gasteiger partial charge on any atom is -0.497 e. The standard InChI is InChI=1S/C10H12ClNO/c1-13-10-6-8(3-2-4-11)5-9(12)7-10/h2-3,5-7H,4,12H2,1H3. The number of methoxy groups -OCH3 is 1. The van der Waals surface area contributed by atoms with Gasteiger partial charge in [0, 0.05) is 17.6 Å². The number of anilines is 1. The molecule has 0 unspecified atom stereocenters. The van der Waals surface area contributed by atoms with Crippen molar-refractivity contribution in [2.75, 3.05) is 18.7 Å². The molecule has 0 aliphatic heterocycles. The first-order valence-corrected chi connectivity index (χ1v) is 4.47. The van der Waals surface area contributed by atoms with E-state index < -0.39 is 0 Å². The summed E-state index contributed by atoms with van der Waals surface area (Å²) in [5.74, 6) is 1.26. The van der Waals surface area contributed by atoms with Crippen molar-refractivity contribution in [2.45, 2.75) is 0 Å². The Balaban J connectivity index is 2.94. The third kappa shape index (κ3) is 2.99. The first kappa shape index (κ1) is 9.93. The lowest BCUT2D eigenvalue weighted by atomic mass is 10.2. The van der Waals surface area contributed by atoms with Gasteiger partial charge in [0.1, 0.15) is 5.75 Å². The molecule has 3 heteroatoms. The van der Waals surface area contributed by atoms with Gasteiger partial charge in [-0.05, 0) is 17.7 Å². The van der Waals surface area contributed by atoms with Crippen molar-refractivity contribution >= 4 is 23.4 Å². The highest BCUT2D eigenvalue weighted by atomic mass is 35.5. The molecule has 0 aromatic heterocycles. The van der Waals surface area contributed by atoms with Gasteiger partial charge < -0.3 is 10.5 Å². The fourth-order valence-electron chi connectivity index (χ4n) is 1.04. The topological polar surface area (TPSA) is 35.2 Å². The van der Waals surface area contributed by atoms with E-state index in [9.17, 15) is 0 Å². The van der Waals surface area contributed by atoms with E-state index in [0.717, 1.165) is 11.3 Å². The van der Waals surface area contributed by atoms with E-state index in [2.05, 4.69) is 0 Å². The molecule has 0 atom stereocenters. The van der Waals surface area contributed by atoms with Crippen molar-refractivity contribution in [2.24, 2.45) is 0 Å². The van der Waals surface area contributed by atoms with Gasteiger partial charge in [-0.25, -0.2) is 0 Å². The third-order valence-corrected chi connectivity index (χ3v) is 1.76. The van der Waals surface area contributed by atoms with Crippen LogP contribution in [0.3, 0.4) is 0 Å². The number of ether oxygens (including phenoxy) is 1. The number of hydrogen-bond acceptors (Lipinski definition) is 2. The maximum Gasteiger partial charge on any atom is 0.121 e. The van der Waals surface area contributed by atoms with Gasteiger partial charge in [0.2, 0.25) is 0 Å². The smallest absolute Gasteiger partial charge is 0.121 e. The van der Waals surface area contributed by atoms with Crippen LogP contribution in [0.25, 0.3) is 6.08 Å². The average Bonchev–Trinajstić information content (AvgIpc) is 2.14. The van der Waals surface area contributed by atoms with Crippen LogP contribution in [0, 0.1) is 0 Å². The van der Waals surface area contributed by atoms with Crippen molar-refractivity contribution in [3.63, 3.8) is 0 Å². The number of hydrogen-bond donors (Lipinski definition) is 1. The van der Waals surface area contributed by atoms with Gasteiger partial charge >= 0.3 is 0 Å². The lowest BCUT2D eigenvalue weighted by Crippen LogP contribution is -1.89. The molecule has 2 N–H and O–H groups in total. The number of alkyl halides is 1. The summed E-state index contributed by atoms with van der Waals surface area (Å²) in [6, 6.07) is 5.54. The lowest BCUT2D eigenvalue weighted by Gasteiger charge is -2.02. The van der Waals surface area contributed by atoms with Gasteiger partial charge in [0.25, 0.3) is 0 Å². The summed E-state index contributed by atoms with van der Waals surface area (Å²) in [5.41, 5.74) is 7.35. The minimum absolute atomic E-state index is 0.497. The maximum atomic E-state index is 5.66. The summed E-state index contributed by atoms with van der Waals surface area (Å²) in [4.78, 5) is 0. The summed E-state index contributed by atoms with van der Waals surface area (Å²) in [6.07, 6.45) is 3.77. The summed E-state index contributed by atoms with van der Waals surface area (Å²) >= 11 is 5.52. The van der Waals surface area contributed by atoms with Crippen LogP contribution in [0.15, 0.2) is 24.3 Å². The Bertz CT molecular complexity index is 310. The maximum absolute atomic E-state index is 5.66. The molecular weight excluding hydrogens is 186 g/mol. The predicted octanol–water partition coefficient (Wildman–Crippen LogP) is 2.53. The first-order valence-electron chi connectivity index (χ1n) is 3.93. The molecular formula is C10H12ClNO. The molecule has 0 saturated heterocycles. The highest BCUT2D eigenvalue weighted by Crippen LogP contribution is 2.19. The molecule has 0 bridgehead atoms. The summed E-state index contributed by atoms with van der Waals surface area (Å²) < 4.78 is 5.07. The Hall–Kier alpha value is -1.15. The normalized spacial score (nSPS) is 10.6. The molecule has 0 fully saturated rings. The Labute approximate surface area is 83.0 Å². The van der Waals surface area contributed by atoms with E-state index in [1.807, 2.05) is 24.3 Å². The Morgan fingerprint density at radius 2 is 2.23 bits per heavy atom. The van der Waals surface area contributed by atoms with Gasteiger partial charge in [-0.1, -0.05) is 12.2 Å². The van der Waals surface area contributed by atoms with E-state index in [-0.39, 0.29) is 0 Å². The molecule has 13 heavy (non-hydrogen) atoms. The average molecular weight is 198 g/mol. The number of nitrogen functional groups attached to an aromatic ring is 1. The van der Waals surface area contributed by atoms with Gasteiger partial charge in [0.15, 0.2) is 0 Å². The number of nitrogens with two attached hydrogens (primary N) is 1. The van der Waals surface area contributed by atoms with E-state index in [4.69, 9.17) is 22.1 Å². The third-order valence-electron chi connectivity index (χ3n) is 1.59. The van der Waals surface area contributed by atoms with Crippen molar-refractivity contribution < 1.29 is 4.74 Å². The van der Waals surface area contributed by atoms with Crippen molar-refractivity contribution in [1.82, 2.24) is 0 Å². The van der Waals surface area contributed by atoms with E-state index in [1.165, 1.54) is 0 Å². The van der Waals surface area contributed by atoms with Crippen LogP contribution < -0.4 is 10.5 Å². The molecule has 2 nitrogen and oxygen atoms in total. The van der Waals surface area contributed by atoms with Gasteiger partial charge in [-0.3, -0.25) is 0 Å². The van der Waals surface area contributed by atoms with Crippen molar-refractivity contribution in [3.05, 3.63) is 29.8 Å². The van der Waals surface area contributed by atoms with Crippen LogP contribution in [0.5, 0.6) is 5.75 Å². The Morgan fingerprint density at radius 1 is 1.46 bits per heavy atom. The fraction of sp³-hybridized carbons (Fsp3) is 0.200. The van der Waals surface area contributed by atoms with Crippen LogP contribution in [0.2, 0.25) is 0 Å². The van der Waals surface area contributed by atoms with Crippen LogP contribution in [-0.4, -0.2) is 13.0 Å². The zero-order chi connectivity index (χ0) is 9.68. The molecule has 0 amide bonds. The minimum atomic E-state index is 0.497. The highest BCUT2D eigenvalue weighted by molar-refractivity contribution is 6.19. The summed E-state index contributed by atoms with van der Waals surface area (Å²) in [5, 5.41) is 0. The number of rotatable bonds is 3. The molecule has 0 radical (unpaired) electrons. The van der Waals surface area contributed by atoms with Crippen LogP contribution in [0.4, 0.5) is 5.69 Å². The van der Waals surface area contributed by atoms with Crippen LogP contribution >= 0.6 is 11.6 Å². The van der Waals surface area contributed by atoms with E-state index in [1.54, 1.807) is 13.2 Å². The number of benzene rings is 1. The second kappa shape index (κ2) is 4.77. The molecule has 70 valence electrons. The molecule has 0 saturated carbocycles. The monoisotopic (exact) mass is 197 g/mol. The zero-order valence-electron chi connectivity index (χ0n) is 7.46. The molecule has 1 rings (SSSR count). The summed E-state index contributed by atoms with van der Waals surface area (Å²) in [7, 11) is 1.61. The Morgan fingerprint density at radius 3 is 2.85 bits per heavy atom. The number of halogens is 1. The molecule has 0 aliphatic carbocycles. The quantitative estimate of drug-likeness (QED) is 0.597. The fourth-order valence-corrected chi connectivity index (χ4v) is 1.13. The second-order valence-corrected chi connectivity index (χ2v) is 2.90. The predicted molar refractivity (Wildman–Crippen MR) is 57.2 cm³/mol. The SMILES string of the molecule is COc1cc(N)cc(C=CCCl)c1. The van der Waals surface area contributed by atoms with E-state index in [0.29, 0.717) is 11.6 Å². The molecule has 0 spiro atoms. The van der Waals surface area contributed by atoms with E-state index >= 15 is 0 Å². The molecule has 0 heterocycles. The van der Waals surface area contributed by atoms with Crippen molar-refractivity contribution in [1.29, 1.82) is 0 Å². The number of allylic oxidation sites excluding steroid dienone is 1. The largest absolute Gasteiger partial charge is 0.497 e. The van der Waals surface area contributed by atoms with Crippen LogP contribution in [-0.2, 0) is 0 Å². The first-order chi connectivity index (χ1) is 6.26. The molecule has 0 aliphatic rings. The summed E-state index contributed by atoms with van der Waals surface area (Å²) in [6.45, 7) is 0. The second-order valence-electron chi connectivity index (χ2n) is 2.60. The Kier molecular flexibility index (Phi) is 3.65. The zero-order valence-corrected chi connectivity index (χ0v) is 8.21. The molecule has 1 aromatic rings. The molecule has 1 aromatic carbocycles. The van der Waals surface area contributed by atoms with Gasteiger partial charge in [-0.2, -0.15) is 0 Å².